The Morgan fingerprint density at radius 2 is 1.92 bits per heavy atom. The van der Waals surface area contributed by atoms with Gasteiger partial charge in [-0.15, -0.1) is 0 Å². The molecule has 1 amide bonds. The monoisotopic (exact) mass is 323 g/mol. The number of carbonyl (C=O) groups excluding carboxylic acids is 1. The number of fused-ring (bicyclic) bond motifs is 2. The molecule has 3 atom stereocenters. The number of ether oxygens (including phenoxy) is 1. The summed E-state index contributed by atoms with van der Waals surface area (Å²) in [6.07, 6.45) is 9.18. The minimum atomic E-state index is 0.118. The largest absolute Gasteiger partial charge is 0.424 e. The maximum atomic E-state index is 12.3. The van der Waals surface area contributed by atoms with Crippen LogP contribution in [0, 0.1) is 17.8 Å². The number of amides is 1. The first-order chi connectivity index (χ1) is 11.8. The van der Waals surface area contributed by atoms with Crippen molar-refractivity contribution in [3.63, 3.8) is 0 Å². The third-order valence-corrected chi connectivity index (χ3v) is 5.22. The molecule has 2 aliphatic carbocycles. The molecule has 0 unspecified atom stereocenters. The zero-order chi connectivity index (χ0) is 16.4. The van der Waals surface area contributed by atoms with Crippen LogP contribution in [0.3, 0.4) is 0 Å². The standard InChI is InChI=1S/C19H21N3O2/c23-18(12-15-11-13-2-3-14(15)10-13)22-16-4-6-17(7-5-16)24-19-20-8-1-9-21-19/h1,4-9,13-15H,2-3,10-12H2,(H,22,23)/t13-,14-,15+/m0/s1. The van der Waals surface area contributed by atoms with E-state index in [-0.39, 0.29) is 5.91 Å². The van der Waals surface area contributed by atoms with Crippen LogP contribution in [-0.4, -0.2) is 15.9 Å². The van der Waals surface area contributed by atoms with Gasteiger partial charge in [0.1, 0.15) is 5.75 Å². The Morgan fingerprint density at radius 3 is 2.58 bits per heavy atom. The number of hydrogen-bond donors (Lipinski definition) is 1. The molecule has 1 heterocycles. The molecule has 0 radical (unpaired) electrons. The van der Waals surface area contributed by atoms with Gasteiger partial charge in [-0.25, -0.2) is 9.97 Å². The molecule has 124 valence electrons. The van der Waals surface area contributed by atoms with Gasteiger partial charge in [-0.05, 0) is 67.3 Å². The van der Waals surface area contributed by atoms with E-state index in [1.165, 1.54) is 25.7 Å². The minimum absolute atomic E-state index is 0.118. The van der Waals surface area contributed by atoms with Gasteiger partial charge in [-0.3, -0.25) is 4.79 Å². The lowest BCUT2D eigenvalue weighted by atomic mass is 9.86. The third kappa shape index (κ3) is 3.40. The van der Waals surface area contributed by atoms with Gasteiger partial charge in [0.2, 0.25) is 5.91 Å². The van der Waals surface area contributed by atoms with Gasteiger partial charge in [0.05, 0.1) is 0 Å². The molecule has 0 aliphatic heterocycles. The normalized spacial score (nSPS) is 24.8. The van der Waals surface area contributed by atoms with E-state index >= 15 is 0 Å². The second-order valence-electron chi connectivity index (χ2n) is 6.85. The van der Waals surface area contributed by atoms with Crippen LogP contribution in [0.1, 0.15) is 32.1 Å². The molecule has 1 N–H and O–H groups in total. The quantitative estimate of drug-likeness (QED) is 0.902. The van der Waals surface area contributed by atoms with Crippen LogP contribution >= 0.6 is 0 Å². The Morgan fingerprint density at radius 1 is 1.12 bits per heavy atom. The van der Waals surface area contributed by atoms with Crippen molar-refractivity contribution < 1.29 is 9.53 Å². The summed E-state index contributed by atoms with van der Waals surface area (Å²) in [7, 11) is 0. The first-order valence-corrected chi connectivity index (χ1v) is 8.61. The maximum Gasteiger partial charge on any atom is 0.321 e. The summed E-state index contributed by atoms with van der Waals surface area (Å²) >= 11 is 0. The number of hydrogen-bond acceptors (Lipinski definition) is 4. The Kier molecular flexibility index (Phi) is 4.15. The highest BCUT2D eigenvalue weighted by Gasteiger charge is 2.40. The number of rotatable bonds is 5. The Hall–Kier alpha value is -2.43. The van der Waals surface area contributed by atoms with E-state index in [0.29, 0.717) is 24.1 Å². The van der Waals surface area contributed by atoms with Crippen LogP contribution in [0.15, 0.2) is 42.7 Å². The summed E-state index contributed by atoms with van der Waals surface area (Å²) in [5, 5.41) is 2.99. The van der Waals surface area contributed by atoms with E-state index in [4.69, 9.17) is 4.74 Å². The van der Waals surface area contributed by atoms with Gasteiger partial charge < -0.3 is 10.1 Å². The molecule has 24 heavy (non-hydrogen) atoms. The molecule has 2 fully saturated rings. The highest BCUT2D eigenvalue weighted by Crippen LogP contribution is 2.49. The second-order valence-corrected chi connectivity index (χ2v) is 6.85. The van der Waals surface area contributed by atoms with E-state index in [1.54, 1.807) is 18.5 Å². The van der Waals surface area contributed by atoms with Crippen LogP contribution in [0.4, 0.5) is 5.69 Å². The molecule has 0 saturated heterocycles. The predicted molar refractivity (Wildman–Crippen MR) is 90.7 cm³/mol. The SMILES string of the molecule is O=C(C[C@H]1C[C@H]2CC[C@H]1C2)Nc1ccc(Oc2ncccn2)cc1. The van der Waals surface area contributed by atoms with E-state index in [9.17, 15) is 4.79 Å². The number of nitrogens with one attached hydrogen (secondary N) is 1. The molecule has 2 aromatic rings. The molecule has 5 heteroatoms. The third-order valence-electron chi connectivity index (χ3n) is 5.22. The molecular formula is C19H21N3O2. The Labute approximate surface area is 141 Å². The number of carbonyl (C=O) groups is 1. The van der Waals surface area contributed by atoms with Crippen molar-refractivity contribution in [2.75, 3.05) is 5.32 Å². The average Bonchev–Trinajstić information content (AvgIpc) is 3.20. The smallest absolute Gasteiger partial charge is 0.321 e. The van der Waals surface area contributed by atoms with Crippen molar-refractivity contribution in [3.8, 4) is 11.8 Å². The molecule has 2 bridgehead atoms. The van der Waals surface area contributed by atoms with Crippen LogP contribution in [0.2, 0.25) is 0 Å². The topological polar surface area (TPSA) is 64.1 Å². The van der Waals surface area contributed by atoms with Crippen molar-refractivity contribution in [2.45, 2.75) is 32.1 Å². The highest BCUT2D eigenvalue weighted by atomic mass is 16.5. The second kappa shape index (κ2) is 6.59. The summed E-state index contributed by atoms with van der Waals surface area (Å²) in [5.41, 5.74) is 0.796. The van der Waals surface area contributed by atoms with Crippen LogP contribution in [0.5, 0.6) is 11.8 Å². The van der Waals surface area contributed by atoms with Crippen LogP contribution in [0.25, 0.3) is 0 Å². The zero-order valence-corrected chi connectivity index (χ0v) is 13.5. The first-order valence-electron chi connectivity index (χ1n) is 8.61. The molecule has 2 saturated carbocycles. The number of aromatic nitrogens is 2. The highest BCUT2D eigenvalue weighted by molar-refractivity contribution is 5.90. The average molecular weight is 323 g/mol. The van der Waals surface area contributed by atoms with E-state index < -0.39 is 0 Å². The lowest BCUT2D eigenvalue weighted by molar-refractivity contribution is -0.117. The van der Waals surface area contributed by atoms with E-state index in [2.05, 4.69) is 15.3 Å². The fourth-order valence-electron chi connectivity index (χ4n) is 4.13. The van der Waals surface area contributed by atoms with Crippen molar-refractivity contribution in [1.29, 1.82) is 0 Å². The van der Waals surface area contributed by atoms with E-state index in [1.807, 2.05) is 24.3 Å². The first kappa shape index (κ1) is 15.1. The van der Waals surface area contributed by atoms with E-state index in [0.717, 1.165) is 17.5 Å². The Balaban J connectivity index is 1.31. The van der Waals surface area contributed by atoms with Gasteiger partial charge >= 0.3 is 6.01 Å². The van der Waals surface area contributed by atoms with Gasteiger partial charge in [0.15, 0.2) is 0 Å². The van der Waals surface area contributed by atoms with Gasteiger partial charge in [-0.1, -0.05) is 6.42 Å². The van der Waals surface area contributed by atoms with Crippen molar-refractivity contribution in [3.05, 3.63) is 42.7 Å². The molecule has 2 aliphatic rings. The summed E-state index contributed by atoms with van der Waals surface area (Å²) in [6, 6.07) is 9.35. The van der Waals surface area contributed by atoms with Crippen molar-refractivity contribution >= 4 is 11.6 Å². The summed E-state index contributed by atoms with van der Waals surface area (Å²) in [5.74, 6) is 3.01. The molecule has 1 aromatic heterocycles. The summed E-state index contributed by atoms with van der Waals surface area (Å²) < 4.78 is 5.54. The zero-order valence-electron chi connectivity index (χ0n) is 13.5. The lowest BCUT2D eigenvalue weighted by Gasteiger charge is -2.20. The summed E-state index contributed by atoms with van der Waals surface area (Å²) in [6.45, 7) is 0. The molecule has 5 nitrogen and oxygen atoms in total. The minimum Gasteiger partial charge on any atom is -0.424 e. The van der Waals surface area contributed by atoms with Crippen molar-refractivity contribution in [2.24, 2.45) is 17.8 Å². The number of nitrogens with zero attached hydrogens (tertiary/aromatic N) is 2. The number of anilines is 1. The van der Waals surface area contributed by atoms with Crippen LogP contribution < -0.4 is 10.1 Å². The molecule has 1 aromatic carbocycles. The van der Waals surface area contributed by atoms with Gasteiger partial charge in [0, 0.05) is 24.5 Å². The molecule has 0 spiro atoms. The Bertz CT molecular complexity index is 702. The van der Waals surface area contributed by atoms with Gasteiger partial charge in [0.25, 0.3) is 0 Å². The van der Waals surface area contributed by atoms with Gasteiger partial charge in [-0.2, -0.15) is 0 Å². The fraction of sp³-hybridized carbons (Fsp3) is 0.421. The van der Waals surface area contributed by atoms with Crippen molar-refractivity contribution in [1.82, 2.24) is 9.97 Å². The predicted octanol–water partition coefficient (Wildman–Crippen LogP) is 4.03. The summed E-state index contributed by atoms with van der Waals surface area (Å²) in [4.78, 5) is 20.3. The fourth-order valence-corrected chi connectivity index (χ4v) is 4.13. The molecular weight excluding hydrogens is 302 g/mol. The maximum absolute atomic E-state index is 12.3. The van der Waals surface area contributed by atoms with Crippen LogP contribution in [-0.2, 0) is 4.79 Å². The number of benzene rings is 1. The lowest BCUT2D eigenvalue weighted by Crippen LogP contribution is -2.20. The molecule has 4 rings (SSSR count).